The number of nitrogens with one attached hydrogen (secondary N) is 1. The van der Waals surface area contributed by atoms with Gasteiger partial charge in [-0.15, -0.1) is 0 Å². The molecule has 1 N–H and O–H groups in total. The first-order valence-electron chi connectivity index (χ1n) is 6.62. The second kappa shape index (κ2) is 5.65. The second-order valence-electron chi connectivity index (χ2n) is 5.06. The molecule has 1 aliphatic heterocycles. The summed E-state index contributed by atoms with van der Waals surface area (Å²) in [6, 6.07) is 2.88. The Bertz CT molecular complexity index is 350. The minimum Gasteiger partial charge on any atom is -0.308 e. The van der Waals surface area contributed by atoms with Crippen LogP contribution in [0, 0.1) is 0 Å². The molecule has 0 unspecified atom stereocenters. The maximum atomic E-state index is 4.47. The van der Waals surface area contributed by atoms with Gasteiger partial charge >= 0.3 is 0 Å². The molecule has 0 saturated carbocycles. The van der Waals surface area contributed by atoms with Gasteiger partial charge < -0.3 is 10.2 Å². The molecule has 17 heavy (non-hydrogen) atoms. The van der Waals surface area contributed by atoms with Gasteiger partial charge in [0.05, 0.1) is 11.4 Å². The van der Waals surface area contributed by atoms with Gasteiger partial charge in [0.25, 0.3) is 0 Å². The Hall–Kier alpha value is -0.870. The number of nitrogens with zero attached hydrogens (tertiary/aromatic N) is 3. The first kappa shape index (κ1) is 12.6. The highest BCUT2D eigenvalue weighted by Crippen LogP contribution is 2.10. The minimum atomic E-state index is 0.672. The summed E-state index contributed by atoms with van der Waals surface area (Å²) in [6.45, 7) is 5.51. The zero-order valence-corrected chi connectivity index (χ0v) is 11.2. The quantitative estimate of drug-likeness (QED) is 0.852. The number of piperidine rings is 1. The molecule has 0 radical (unpaired) electrons. The van der Waals surface area contributed by atoms with Crippen LogP contribution in [-0.4, -0.2) is 40.9 Å². The van der Waals surface area contributed by atoms with Crippen molar-refractivity contribution in [3.63, 3.8) is 0 Å². The van der Waals surface area contributed by atoms with Gasteiger partial charge in [-0.1, -0.05) is 6.92 Å². The van der Waals surface area contributed by atoms with Crippen LogP contribution in [0.1, 0.15) is 31.2 Å². The summed E-state index contributed by atoms with van der Waals surface area (Å²) < 4.78 is 2.00. The van der Waals surface area contributed by atoms with Crippen molar-refractivity contribution < 1.29 is 0 Å². The van der Waals surface area contributed by atoms with Crippen molar-refractivity contribution in [1.82, 2.24) is 20.0 Å². The number of aromatic nitrogens is 2. The van der Waals surface area contributed by atoms with Crippen LogP contribution in [0.4, 0.5) is 0 Å². The number of hydrogen-bond donors (Lipinski definition) is 1. The van der Waals surface area contributed by atoms with Gasteiger partial charge in [0.1, 0.15) is 0 Å². The fourth-order valence-electron chi connectivity index (χ4n) is 2.37. The highest BCUT2D eigenvalue weighted by molar-refractivity contribution is 5.10. The van der Waals surface area contributed by atoms with Crippen molar-refractivity contribution >= 4 is 0 Å². The SMILES string of the molecule is CCc1cc(CNC2CCN(C)CC2)n(C)n1. The van der Waals surface area contributed by atoms with Crippen LogP contribution in [0.25, 0.3) is 0 Å². The second-order valence-corrected chi connectivity index (χ2v) is 5.06. The van der Waals surface area contributed by atoms with Crippen LogP contribution in [0.2, 0.25) is 0 Å². The van der Waals surface area contributed by atoms with Crippen LogP contribution < -0.4 is 5.32 Å². The van der Waals surface area contributed by atoms with Crippen LogP contribution in [0.5, 0.6) is 0 Å². The Balaban J connectivity index is 1.83. The van der Waals surface area contributed by atoms with E-state index in [-0.39, 0.29) is 0 Å². The first-order chi connectivity index (χ1) is 8.19. The smallest absolute Gasteiger partial charge is 0.0625 e. The van der Waals surface area contributed by atoms with Gasteiger partial charge in [-0.2, -0.15) is 5.10 Å². The van der Waals surface area contributed by atoms with Crippen molar-refractivity contribution in [1.29, 1.82) is 0 Å². The number of likely N-dealkylation sites (tertiary alicyclic amines) is 1. The van der Waals surface area contributed by atoms with Crippen LogP contribution in [-0.2, 0) is 20.0 Å². The summed E-state index contributed by atoms with van der Waals surface area (Å²) in [5.41, 5.74) is 2.48. The molecule has 4 nitrogen and oxygen atoms in total. The van der Waals surface area contributed by atoms with E-state index in [1.54, 1.807) is 0 Å². The maximum absolute atomic E-state index is 4.47. The van der Waals surface area contributed by atoms with E-state index in [0.29, 0.717) is 6.04 Å². The Kier molecular flexibility index (Phi) is 4.18. The third-order valence-corrected chi connectivity index (χ3v) is 3.68. The topological polar surface area (TPSA) is 33.1 Å². The Morgan fingerprint density at radius 3 is 2.65 bits per heavy atom. The molecule has 1 aromatic heterocycles. The van der Waals surface area contributed by atoms with Crippen molar-refractivity contribution in [2.75, 3.05) is 20.1 Å². The predicted octanol–water partition coefficient (Wildman–Crippen LogP) is 1.17. The monoisotopic (exact) mass is 236 g/mol. The number of rotatable bonds is 4. The fourth-order valence-corrected chi connectivity index (χ4v) is 2.37. The molecule has 0 amide bonds. The third kappa shape index (κ3) is 3.30. The highest BCUT2D eigenvalue weighted by Gasteiger charge is 2.16. The Morgan fingerprint density at radius 2 is 2.06 bits per heavy atom. The van der Waals surface area contributed by atoms with Crippen molar-refractivity contribution in [3.05, 3.63) is 17.5 Å². The van der Waals surface area contributed by atoms with Gasteiger partial charge in [-0.05, 0) is 45.5 Å². The van der Waals surface area contributed by atoms with Crippen LogP contribution in [0.3, 0.4) is 0 Å². The lowest BCUT2D eigenvalue weighted by Gasteiger charge is -2.29. The standard InChI is InChI=1S/C13H24N4/c1-4-11-9-13(17(3)15-11)10-14-12-5-7-16(2)8-6-12/h9,12,14H,4-8,10H2,1-3H3. The van der Waals surface area contributed by atoms with E-state index in [1.165, 1.54) is 37.3 Å². The minimum absolute atomic E-state index is 0.672. The summed E-state index contributed by atoms with van der Waals surface area (Å²) in [6.07, 6.45) is 3.53. The van der Waals surface area contributed by atoms with E-state index in [2.05, 4.69) is 35.4 Å². The average Bonchev–Trinajstić information content (AvgIpc) is 2.69. The Morgan fingerprint density at radius 1 is 1.35 bits per heavy atom. The van der Waals surface area contributed by atoms with Gasteiger partial charge in [0, 0.05) is 19.6 Å². The summed E-state index contributed by atoms with van der Waals surface area (Å²) in [7, 11) is 4.23. The molecular weight excluding hydrogens is 212 g/mol. The molecule has 2 rings (SSSR count). The molecule has 1 aromatic rings. The summed E-state index contributed by atoms with van der Waals surface area (Å²) >= 11 is 0. The lowest BCUT2D eigenvalue weighted by molar-refractivity contribution is 0.233. The van der Waals surface area contributed by atoms with E-state index >= 15 is 0 Å². The van der Waals surface area contributed by atoms with Gasteiger partial charge in [0.15, 0.2) is 0 Å². The summed E-state index contributed by atoms with van der Waals surface area (Å²) in [5, 5.41) is 8.12. The van der Waals surface area contributed by atoms with Crippen LogP contribution >= 0.6 is 0 Å². The fraction of sp³-hybridized carbons (Fsp3) is 0.769. The largest absolute Gasteiger partial charge is 0.308 e. The molecule has 0 bridgehead atoms. The van der Waals surface area contributed by atoms with Gasteiger partial charge in [-0.3, -0.25) is 4.68 Å². The van der Waals surface area contributed by atoms with E-state index in [0.717, 1.165) is 13.0 Å². The number of hydrogen-bond acceptors (Lipinski definition) is 3. The van der Waals surface area contributed by atoms with Crippen LogP contribution in [0.15, 0.2) is 6.07 Å². The van der Waals surface area contributed by atoms with E-state index in [4.69, 9.17) is 0 Å². The van der Waals surface area contributed by atoms with Crippen molar-refractivity contribution in [2.24, 2.45) is 7.05 Å². The van der Waals surface area contributed by atoms with Crippen molar-refractivity contribution in [3.8, 4) is 0 Å². The Labute approximate surface area is 104 Å². The molecule has 2 heterocycles. The van der Waals surface area contributed by atoms with E-state index in [1.807, 2.05) is 11.7 Å². The van der Waals surface area contributed by atoms with Gasteiger partial charge in [0.2, 0.25) is 0 Å². The molecule has 1 saturated heterocycles. The maximum Gasteiger partial charge on any atom is 0.0625 e. The average molecular weight is 236 g/mol. The lowest BCUT2D eigenvalue weighted by atomic mass is 10.1. The highest BCUT2D eigenvalue weighted by atomic mass is 15.3. The molecule has 0 atom stereocenters. The van der Waals surface area contributed by atoms with E-state index in [9.17, 15) is 0 Å². The van der Waals surface area contributed by atoms with Crippen molar-refractivity contribution in [2.45, 2.75) is 38.8 Å². The zero-order valence-electron chi connectivity index (χ0n) is 11.2. The normalized spacial score (nSPS) is 18.8. The molecule has 1 fully saturated rings. The molecule has 0 aromatic carbocycles. The molecule has 0 spiro atoms. The molecule has 96 valence electrons. The predicted molar refractivity (Wildman–Crippen MR) is 69.9 cm³/mol. The number of aryl methyl sites for hydroxylation is 2. The van der Waals surface area contributed by atoms with Gasteiger partial charge in [-0.25, -0.2) is 0 Å². The molecule has 1 aliphatic rings. The molecule has 0 aliphatic carbocycles. The lowest BCUT2D eigenvalue weighted by Crippen LogP contribution is -2.40. The first-order valence-corrected chi connectivity index (χ1v) is 6.62. The third-order valence-electron chi connectivity index (χ3n) is 3.68. The summed E-state index contributed by atoms with van der Waals surface area (Å²) in [5.74, 6) is 0. The zero-order chi connectivity index (χ0) is 12.3. The summed E-state index contributed by atoms with van der Waals surface area (Å²) in [4.78, 5) is 2.40. The molecular formula is C13H24N4. The molecule has 4 heteroatoms. The van der Waals surface area contributed by atoms with E-state index < -0.39 is 0 Å².